The van der Waals surface area contributed by atoms with Gasteiger partial charge in [-0.15, -0.1) is 0 Å². The lowest BCUT2D eigenvalue weighted by atomic mass is 10.2. The highest BCUT2D eigenvalue weighted by molar-refractivity contribution is 5.23. The number of aromatic nitrogens is 1. The van der Waals surface area contributed by atoms with Crippen LogP contribution in [0.25, 0.3) is 0 Å². The molecule has 20 heavy (non-hydrogen) atoms. The van der Waals surface area contributed by atoms with Gasteiger partial charge in [0, 0.05) is 24.3 Å². The van der Waals surface area contributed by atoms with Gasteiger partial charge in [0.05, 0.1) is 6.61 Å². The molecule has 1 heterocycles. The Balaban J connectivity index is 2.39. The summed E-state index contributed by atoms with van der Waals surface area (Å²) in [7, 11) is 0. The first kappa shape index (κ1) is 16.9. The van der Waals surface area contributed by atoms with Crippen molar-refractivity contribution in [2.45, 2.75) is 65.5 Å². The number of hydrogen-bond acceptors (Lipinski definition) is 3. The van der Waals surface area contributed by atoms with Gasteiger partial charge in [-0.1, -0.05) is 46.5 Å². The van der Waals surface area contributed by atoms with Crippen LogP contribution >= 0.6 is 0 Å². The third-order valence-corrected chi connectivity index (χ3v) is 3.12. The fourth-order valence-electron chi connectivity index (χ4n) is 1.89. The van der Waals surface area contributed by atoms with Crippen LogP contribution in [0.2, 0.25) is 0 Å². The van der Waals surface area contributed by atoms with Gasteiger partial charge < -0.3 is 10.1 Å². The van der Waals surface area contributed by atoms with Gasteiger partial charge in [0.1, 0.15) is 0 Å². The van der Waals surface area contributed by atoms with E-state index in [4.69, 9.17) is 4.74 Å². The number of halogens is 1. The number of unbranched alkanes of at least 4 members (excludes halogenated alkanes) is 4. The summed E-state index contributed by atoms with van der Waals surface area (Å²) in [5, 5.41) is 3.20. The first-order chi connectivity index (χ1) is 9.65. The fourth-order valence-corrected chi connectivity index (χ4v) is 1.89. The van der Waals surface area contributed by atoms with Crippen molar-refractivity contribution in [1.82, 2.24) is 10.3 Å². The first-order valence-corrected chi connectivity index (χ1v) is 7.64. The second-order valence-electron chi connectivity index (χ2n) is 5.39. The summed E-state index contributed by atoms with van der Waals surface area (Å²) in [4.78, 5) is 3.98. The van der Waals surface area contributed by atoms with Crippen LogP contribution in [0.5, 0.6) is 5.88 Å². The average Bonchev–Trinajstić information content (AvgIpc) is 2.43. The highest BCUT2D eigenvalue weighted by atomic mass is 19.1. The molecule has 0 aromatic carbocycles. The van der Waals surface area contributed by atoms with Crippen molar-refractivity contribution in [3.05, 3.63) is 23.6 Å². The van der Waals surface area contributed by atoms with E-state index in [-0.39, 0.29) is 11.7 Å². The fraction of sp³-hybridized carbons (Fsp3) is 0.688. The zero-order valence-electron chi connectivity index (χ0n) is 12.9. The Morgan fingerprint density at radius 1 is 1.25 bits per heavy atom. The number of ether oxygens (including phenoxy) is 1. The maximum atomic E-state index is 14.1. The zero-order valence-corrected chi connectivity index (χ0v) is 12.9. The zero-order chi connectivity index (χ0) is 14.8. The molecule has 0 saturated heterocycles. The van der Waals surface area contributed by atoms with Crippen LogP contribution in [0.1, 0.15) is 58.4 Å². The standard InChI is InChI=1S/C16H27FN2O/c1-4-5-6-7-8-11-20-16-15(17)14(9-10-18-16)12-19-13(2)3/h9-10,13,19H,4-8,11-12H2,1-3H3. The van der Waals surface area contributed by atoms with Gasteiger partial charge >= 0.3 is 0 Å². The smallest absolute Gasteiger partial charge is 0.250 e. The van der Waals surface area contributed by atoms with Gasteiger partial charge in [-0.2, -0.15) is 0 Å². The van der Waals surface area contributed by atoms with E-state index in [9.17, 15) is 4.39 Å². The number of pyridine rings is 1. The molecular formula is C16H27FN2O. The van der Waals surface area contributed by atoms with Gasteiger partial charge in [-0.25, -0.2) is 9.37 Å². The van der Waals surface area contributed by atoms with Crippen molar-refractivity contribution in [2.24, 2.45) is 0 Å². The molecule has 1 aromatic rings. The van der Waals surface area contributed by atoms with E-state index in [1.54, 1.807) is 12.3 Å². The van der Waals surface area contributed by atoms with Crippen molar-refractivity contribution >= 4 is 0 Å². The number of nitrogens with zero attached hydrogens (tertiary/aromatic N) is 1. The predicted molar refractivity (Wildman–Crippen MR) is 80.4 cm³/mol. The van der Waals surface area contributed by atoms with Crippen molar-refractivity contribution in [1.29, 1.82) is 0 Å². The summed E-state index contributed by atoms with van der Waals surface area (Å²) in [6.07, 6.45) is 7.38. The highest BCUT2D eigenvalue weighted by Crippen LogP contribution is 2.18. The third kappa shape index (κ3) is 6.33. The Bertz CT molecular complexity index is 383. The van der Waals surface area contributed by atoms with Crippen molar-refractivity contribution in [3.63, 3.8) is 0 Å². The molecule has 4 heteroatoms. The van der Waals surface area contributed by atoms with E-state index in [1.165, 1.54) is 19.3 Å². The molecule has 0 aliphatic carbocycles. The summed E-state index contributed by atoms with van der Waals surface area (Å²) in [6, 6.07) is 2.02. The van der Waals surface area contributed by atoms with E-state index in [0.29, 0.717) is 24.8 Å². The summed E-state index contributed by atoms with van der Waals surface area (Å²) < 4.78 is 19.6. The summed E-state index contributed by atoms with van der Waals surface area (Å²) in [5.41, 5.74) is 0.606. The monoisotopic (exact) mass is 282 g/mol. The molecule has 0 aliphatic heterocycles. The quantitative estimate of drug-likeness (QED) is 0.657. The molecular weight excluding hydrogens is 255 g/mol. The van der Waals surface area contributed by atoms with Crippen LogP contribution < -0.4 is 10.1 Å². The second kappa shape index (κ2) is 9.70. The molecule has 0 atom stereocenters. The molecule has 0 fully saturated rings. The Hall–Kier alpha value is -1.16. The van der Waals surface area contributed by atoms with Gasteiger partial charge in [0.15, 0.2) is 5.82 Å². The molecule has 0 spiro atoms. The van der Waals surface area contributed by atoms with E-state index in [0.717, 1.165) is 12.8 Å². The van der Waals surface area contributed by atoms with E-state index in [2.05, 4.69) is 17.2 Å². The maximum Gasteiger partial charge on any atom is 0.250 e. The molecule has 0 aliphatic rings. The summed E-state index contributed by atoms with van der Waals surface area (Å²) >= 11 is 0. The molecule has 1 N–H and O–H groups in total. The summed E-state index contributed by atoms with van der Waals surface area (Å²) in [5.74, 6) is -0.210. The van der Waals surface area contributed by atoms with Gasteiger partial charge in [0.25, 0.3) is 5.88 Å². The maximum absolute atomic E-state index is 14.1. The number of nitrogens with one attached hydrogen (secondary N) is 1. The Morgan fingerprint density at radius 3 is 2.70 bits per heavy atom. The lowest BCUT2D eigenvalue weighted by Crippen LogP contribution is -2.22. The minimum absolute atomic E-state index is 0.128. The van der Waals surface area contributed by atoms with Gasteiger partial charge in [-0.3, -0.25) is 0 Å². The molecule has 0 bridgehead atoms. The topological polar surface area (TPSA) is 34.1 Å². The molecule has 1 aromatic heterocycles. The van der Waals surface area contributed by atoms with Crippen LogP contribution in [0.15, 0.2) is 12.3 Å². The van der Waals surface area contributed by atoms with Crippen LogP contribution in [0, 0.1) is 5.82 Å². The SMILES string of the molecule is CCCCCCCOc1nccc(CNC(C)C)c1F. The minimum Gasteiger partial charge on any atom is -0.476 e. The van der Waals surface area contributed by atoms with E-state index < -0.39 is 0 Å². The predicted octanol–water partition coefficient (Wildman–Crippen LogP) is 4.07. The summed E-state index contributed by atoms with van der Waals surface area (Å²) in [6.45, 7) is 7.29. The molecule has 3 nitrogen and oxygen atoms in total. The van der Waals surface area contributed by atoms with Gasteiger partial charge in [0.2, 0.25) is 0 Å². The number of rotatable bonds is 10. The van der Waals surface area contributed by atoms with Gasteiger partial charge in [-0.05, 0) is 12.5 Å². The largest absolute Gasteiger partial charge is 0.476 e. The molecule has 0 amide bonds. The van der Waals surface area contributed by atoms with E-state index >= 15 is 0 Å². The molecule has 0 unspecified atom stereocenters. The lowest BCUT2D eigenvalue weighted by molar-refractivity contribution is 0.276. The molecule has 0 radical (unpaired) electrons. The van der Waals surface area contributed by atoms with E-state index in [1.807, 2.05) is 13.8 Å². The van der Waals surface area contributed by atoms with Crippen LogP contribution in [0.3, 0.4) is 0 Å². The van der Waals surface area contributed by atoms with Crippen molar-refractivity contribution in [3.8, 4) is 5.88 Å². The third-order valence-electron chi connectivity index (χ3n) is 3.12. The Kier molecular flexibility index (Phi) is 8.19. The van der Waals surface area contributed by atoms with Crippen LogP contribution in [-0.4, -0.2) is 17.6 Å². The first-order valence-electron chi connectivity index (χ1n) is 7.64. The highest BCUT2D eigenvalue weighted by Gasteiger charge is 2.10. The van der Waals surface area contributed by atoms with Crippen molar-refractivity contribution < 1.29 is 9.13 Å². The Labute approximate surface area is 121 Å². The average molecular weight is 282 g/mol. The Morgan fingerprint density at radius 2 is 2.00 bits per heavy atom. The lowest BCUT2D eigenvalue weighted by Gasteiger charge is -2.11. The van der Waals surface area contributed by atoms with Crippen molar-refractivity contribution in [2.75, 3.05) is 6.61 Å². The molecule has 0 saturated carbocycles. The second-order valence-corrected chi connectivity index (χ2v) is 5.39. The molecule has 114 valence electrons. The normalized spacial score (nSPS) is 11.1. The minimum atomic E-state index is -0.339. The van der Waals surface area contributed by atoms with Crippen LogP contribution in [0.4, 0.5) is 4.39 Å². The number of hydrogen-bond donors (Lipinski definition) is 1. The van der Waals surface area contributed by atoms with Crippen LogP contribution in [-0.2, 0) is 6.54 Å². The molecule has 1 rings (SSSR count).